The average molecular weight is 410 g/mol. The number of carbonyl (C=O) groups excluding carboxylic acids is 1. The number of benzene rings is 2. The van der Waals surface area contributed by atoms with Gasteiger partial charge in [-0.25, -0.2) is 9.97 Å². The third kappa shape index (κ3) is 3.95. The molecule has 0 radical (unpaired) electrons. The van der Waals surface area contributed by atoms with Gasteiger partial charge < -0.3 is 16.0 Å². The fourth-order valence-electron chi connectivity index (χ4n) is 2.86. The van der Waals surface area contributed by atoms with Crippen LogP contribution in [-0.2, 0) is 5.75 Å². The third-order valence-electron chi connectivity index (χ3n) is 4.10. The molecule has 0 saturated carbocycles. The number of carbonyl (C=O) groups is 1. The van der Waals surface area contributed by atoms with Gasteiger partial charge in [0.15, 0.2) is 0 Å². The van der Waals surface area contributed by atoms with Gasteiger partial charge in [0.1, 0.15) is 0 Å². The van der Waals surface area contributed by atoms with Gasteiger partial charge in [0.05, 0.1) is 11.3 Å². The number of nitrogen functional groups attached to an aromatic ring is 1. The first-order valence-corrected chi connectivity index (χ1v) is 9.84. The van der Waals surface area contributed by atoms with Crippen LogP contribution in [0, 0.1) is 0 Å². The molecule has 0 aliphatic rings. The molecule has 0 atom stereocenters. The van der Waals surface area contributed by atoms with Gasteiger partial charge in [-0.05, 0) is 36.4 Å². The van der Waals surface area contributed by atoms with E-state index in [9.17, 15) is 4.79 Å². The van der Waals surface area contributed by atoms with E-state index in [1.54, 1.807) is 48.4 Å². The number of rotatable bonds is 5. The number of fused-ring (bicyclic) bond motifs is 1. The molecule has 2 heterocycles. The van der Waals surface area contributed by atoms with Gasteiger partial charge in [0.25, 0.3) is 5.91 Å². The SMILES string of the molecule is Nc1nccc(CSc2cccc3[nH]cc(C(=O)Nc4cccc(Cl)c4)c23)n1. The Bertz CT molecular complexity index is 1160. The lowest BCUT2D eigenvalue weighted by Crippen LogP contribution is -2.11. The van der Waals surface area contributed by atoms with E-state index >= 15 is 0 Å². The van der Waals surface area contributed by atoms with E-state index in [-0.39, 0.29) is 11.9 Å². The minimum atomic E-state index is -0.201. The highest BCUT2D eigenvalue weighted by Gasteiger charge is 2.16. The Kier molecular flexibility index (Phi) is 5.18. The number of thioether (sulfide) groups is 1. The smallest absolute Gasteiger partial charge is 0.257 e. The summed E-state index contributed by atoms with van der Waals surface area (Å²) in [5.74, 6) is 0.666. The summed E-state index contributed by atoms with van der Waals surface area (Å²) < 4.78 is 0. The summed E-state index contributed by atoms with van der Waals surface area (Å²) in [7, 11) is 0. The molecule has 0 unspecified atom stereocenters. The van der Waals surface area contributed by atoms with Crippen molar-refractivity contribution >= 4 is 51.8 Å². The van der Waals surface area contributed by atoms with Crippen LogP contribution in [0.2, 0.25) is 5.02 Å². The number of anilines is 2. The van der Waals surface area contributed by atoms with Crippen LogP contribution in [0.4, 0.5) is 11.6 Å². The zero-order chi connectivity index (χ0) is 19.5. The Labute approximate surface area is 170 Å². The molecule has 0 fully saturated rings. The number of hydrogen-bond donors (Lipinski definition) is 3. The van der Waals surface area contributed by atoms with Gasteiger partial charge in [-0.2, -0.15) is 0 Å². The van der Waals surface area contributed by atoms with Crippen molar-refractivity contribution in [2.24, 2.45) is 0 Å². The minimum absolute atomic E-state index is 0.201. The molecular formula is C20H16ClN5OS. The predicted octanol–water partition coefficient (Wildman–Crippen LogP) is 4.74. The maximum atomic E-state index is 12.9. The van der Waals surface area contributed by atoms with E-state index in [2.05, 4.69) is 20.3 Å². The molecule has 28 heavy (non-hydrogen) atoms. The lowest BCUT2D eigenvalue weighted by atomic mass is 10.1. The van der Waals surface area contributed by atoms with Crippen LogP contribution in [0.25, 0.3) is 10.9 Å². The second-order valence-electron chi connectivity index (χ2n) is 6.04. The third-order valence-corrected chi connectivity index (χ3v) is 5.43. The van der Waals surface area contributed by atoms with E-state index in [1.165, 1.54) is 0 Å². The molecule has 2 aromatic carbocycles. The zero-order valence-electron chi connectivity index (χ0n) is 14.6. The monoisotopic (exact) mass is 409 g/mol. The summed E-state index contributed by atoms with van der Waals surface area (Å²) in [4.78, 5) is 25.1. The van der Waals surface area contributed by atoms with Gasteiger partial charge in [-0.15, -0.1) is 11.8 Å². The summed E-state index contributed by atoms with van der Waals surface area (Å²) in [5.41, 5.74) is 8.59. The summed E-state index contributed by atoms with van der Waals surface area (Å²) >= 11 is 7.59. The van der Waals surface area contributed by atoms with Crippen molar-refractivity contribution < 1.29 is 4.79 Å². The number of amides is 1. The number of aromatic amines is 1. The van der Waals surface area contributed by atoms with Crippen LogP contribution < -0.4 is 11.1 Å². The fourth-order valence-corrected chi connectivity index (χ4v) is 4.05. The summed E-state index contributed by atoms with van der Waals surface area (Å²) in [6.45, 7) is 0. The van der Waals surface area contributed by atoms with Crippen molar-refractivity contribution in [3.8, 4) is 0 Å². The van der Waals surface area contributed by atoms with Crippen molar-refractivity contribution in [2.75, 3.05) is 11.1 Å². The topological polar surface area (TPSA) is 96.7 Å². The highest BCUT2D eigenvalue weighted by molar-refractivity contribution is 7.98. The Morgan fingerprint density at radius 1 is 1.21 bits per heavy atom. The number of nitrogens with zero attached hydrogens (tertiary/aromatic N) is 2. The lowest BCUT2D eigenvalue weighted by molar-refractivity contribution is 0.102. The predicted molar refractivity (Wildman–Crippen MR) is 114 cm³/mol. The van der Waals surface area contributed by atoms with Crippen LogP contribution in [0.3, 0.4) is 0 Å². The van der Waals surface area contributed by atoms with Crippen molar-refractivity contribution in [1.29, 1.82) is 0 Å². The number of aromatic nitrogens is 3. The molecule has 1 amide bonds. The number of hydrogen-bond acceptors (Lipinski definition) is 5. The van der Waals surface area contributed by atoms with Gasteiger partial charge in [-0.1, -0.05) is 23.7 Å². The van der Waals surface area contributed by atoms with Crippen LogP contribution in [-0.4, -0.2) is 20.9 Å². The molecule has 8 heteroatoms. The highest BCUT2D eigenvalue weighted by Crippen LogP contribution is 2.32. The molecule has 140 valence electrons. The Balaban J connectivity index is 1.62. The summed E-state index contributed by atoms with van der Waals surface area (Å²) in [5, 5.41) is 4.33. The van der Waals surface area contributed by atoms with Crippen molar-refractivity contribution in [1.82, 2.24) is 15.0 Å². The first-order chi connectivity index (χ1) is 13.6. The van der Waals surface area contributed by atoms with Gasteiger partial charge in [-0.3, -0.25) is 4.79 Å². The molecule has 0 bridgehead atoms. The van der Waals surface area contributed by atoms with E-state index in [1.807, 2.05) is 24.3 Å². The van der Waals surface area contributed by atoms with Crippen LogP contribution in [0.1, 0.15) is 16.1 Å². The van der Waals surface area contributed by atoms with Crippen molar-refractivity contribution in [3.63, 3.8) is 0 Å². The highest BCUT2D eigenvalue weighted by atomic mass is 35.5. The van der Waals surface area contributed by atoms with E-state index < -0.39 is 0 Å². The molecule has 2 aromatic heterocycles. The second-order valence-corrected chi connectivity index (χ2v) is 7.49. The maximum absolute atomic E-state index is 12.9. The molecular weight excluding hydrogens is 394 g/mol. The van der Waals surface area contributed by atoms with Gasteiger partial charge in [0, 0.05) is 44.7 Å². The van der Waals surface area contributed by atoms with Gasteiger partial charge >= 0.3 is 0 Å². The molecule has 0 aliphatic heterocycles. The number of nitrogens with one attached hydrogen (secondary N) is 2. The molecule has 4 N–H and O–H groups in total. The molecule has 0 aliphatic carbocycles. The Morgan fingerprint density at radius 2 is 2.07 bits per heavy atom. The molecule has 0 spiro atoms. The number of halogens is 1. The zero-order valence-corrected chi connectivity index (χ0v) is 16.2. The van der Waals surface area contributed by atoms with E-state index in [0.717, 1.165) is 21.5 Å². The van der Waals surface area contributed by atoms with Crippen molar-refractivity contribution in [3.05, 3.63) is 77.2 Å². The average Bonchev–Trinajstić information content (AvgIpc) is 3.11. The first-order valence-electron chi connectivity index (χ1n) is 8.47. The maximum Gasteiger partial charge on any atom is 0.257 e. The summed E-state index contributed by atoms with van der Waals surface area (Å²) in [6, 6.07) is 14.8. The van der Waals surface area contributed by atoms with Crippen LogP contribution in [0.5, 0.6) is 0 Å². The van der Waals surface area contributed by atoms with Crippen LogP contribution >= 0.6 is 23.4 Å². The van der Waals surface area contributed by atoms with Gasteiger partial charge in [0.2, 0.25) is 5.95 Å². The Hall–Kier alpha value is -3.03. The first kappa shape index (κ1) is 18.3. The Morgan fingerprint density at radius 3 is 2.89 bits per heavy atom. The van der Waals surface area contributed by atoms with Crippen LogP contribution in [0.15, 0.2) is 65.8 Å². The van der Waals surface area contributed by atoms with E-state index in [0.29, 0.717) is 22.0 Å². The minimum Gasteiger partial charge on any atom is -0.368 e. The number of nitrogens with two attached hydrogens (primary N) is 1. The largest absolute Gasteiger partial charge is 0.368 e. The summed E-state index contributed by atoms with van der Waals surface area (Å²) in [6.07, 6.45) is 3.36. The number of H-pyrrole nitrogens is 1. The fraction of sp³-hybridized carbons (Fsp3) is 0.0500. The molecule has 0 saturated heterocycles. The lowest BCUT2D eigenvalue weighted by Gasteiger charge is -2.08. The second kappa shape index (κ2) is 7.92. The standard InChI is InChI=1S/C20H16ClN5OS/c21-12-3-1-4-13(9-12)25-19(27)15-10-24-16-5-2-6-17(18(15)16)28-11-14-7-8-23-20(22)26-14/h1-10,24H,11H2,(H,25,27)(H2,22,23,26). The molecule has 6 nitrogen and oxygen atoms in total. The van der Waals surface area contributed by atoms with E-state index in [4.69, 9.17) is 17.3 Å². The van der Waals surface area contributed by atoms with Crippen molar-refractivity contribution in [2.45, 2.75) is 10.6 Å². The molecule has 4 rings (SSSR count). The molecule has 4 aromatic rings. The normalized spacial score (nSPS) is 10.9. The quantitative estimate of drug-likeness (QED) is 0.414.